The maximum atomic E-state index is 10.1. The molecule has 1 fully saturated rings. The van der Waals surface area contributed by atoms with Gasteiger partial charge in [-0.2, -0.15) is 9.97 Å². The van der Waals surface area contributed by atoms with Gasteiger partial charge in [-0.3, -0.25) is 4.57 Å². The van der Waals surface area contributed by atoms with Gasteiger partial charge in [-0.25, -0.2) is 4.98 Å². The van der Waals surface area contributed by atoms with Gasteiger partial charge >= 0.3 is 0 Å². The largest absolute Gasteiger partial charge is 0.394 e. The molecule has 0 radical (unpaired) electrons. The van der Waals surface area contributed by atoms with Crippen LogP contribution in [0.4, 0.5) is 5.95 Å². The van der Waals surface area contributed by atoms with Crippen molar-refractivity contribution < 1.29 is 19.7 Å². The molecule has 4 N–H and O–H groups in total. The number of hydrogen-bond acceptors (Lipinski definition) is 8. The molecule has 0 spiro atoms. The van der Waals surface area contributed by atoms with Crippen LogP contribution in [0.3, 0.4) is 0 Å². The molecule has 4 atom stereocenters. The Morgan fingerprint density at radius 3 is 2.95 bits per heavy atom. The first-order chi connectivity index (χ1) is 10.1. The number of rotatable bonds is 3. The van der Waals surface area contributed by atoms with Crippen LogP contribution in [-0.4, -0.2) is 61.8 Å². The van der Waals surface area contributed by atoms with Crippen LogP contribution < -0.4 is 5.73 Å². The summed E-state index contributed by atoms with van der Waals surface area (Å²) in [5, 5.41) is 19.4. The fraction of sp³-hybridized carbons (Fsp3) is 0.545. The second-order valence-corrected chi connectivity index (χ2v) is 4.99. The van der Waals surface area contributed by atoms with E-state index in [2.05, 4.69) is 15.0 Å². The molecule has 2 aromatic heterocycles. The molecule has 0 saturated carbocycles. The molecule has 0 aromatic carbocycles. The number of halogens is 1. The highest BCUT2D eigenvalue weighted by Gasteiger charge is 2.45. The summed E-state index contributed by atoms with van der Waals surface area (Å²) in [7, 11) is 1.44. The van der Waals surface area contributed by atoms with Crippen LogP contribution in [0.5, 0.6) is 0 Å². The maximum absolute atomic E-state index is 10.1. The highest BCUT2D eigenvalue weighted by Crippen LogP contribution is 2.33. The van der Waals surface area contributed by atoms with Gasteiger partial charge in [0.15, 0.2) is 17.0 Å². The zero-order valence-corrected chi connectivity index (χ0v) is 11.8. The van der Waals surface area contributed by atoms with Gasteiger partial charge in [-0.15, -0.1) is 0 Å². The molecule has 1 aliphatic heterocycles. The molecule has 0 bridgehead atoms. The summed E-state index contributed by atoms with van der Waals surface area (Å²) in [6.07, 6.45) is -1.68. The standard InChI is InChI=1S/C11H14ClN5O4/c1-20-7-6(19)4(2-18)21-10(7)17-3-14-5-8(12)15-11(13)16-9(5)17/h3-4,6-7,10,18-19H,2H2,1H3,(H2,13,15,16)/t4-,6-,7-,10-/m1/s1. The van der Waals surface area contributed by atoms with Crippen molar-refractivity contribution in [3.63, 3.8) is 0 Å². The number of imidazole rings is 1. The molecule has 0 aliphatic carbocycles. The molecule has 21 heavy (non-hydrogen) atoms. The van der Waals surface area contributed by atoms with E-state index in [0.29, 0.717) is 11.2 Å². The van der Waals surface area contributed by atoms with Crippen LogP contribution in [0, 0.1) is 0 Å². The number of hydrogen-bond donors (Lipinski definition) is 3. The van der Waals surface area contributed by atoms with Crippen molar-refractivity contribution in [3.8, 4) is 0 Å². The fourth-order valence-electron chi connectivity index (χ4n) is 2.43. The van der Waals surface area contributed by atoms with Crippen molar-refractivity contribution >= 4 is 28.7 Å². The number of aliphatic hydroxyl groups is 2. The lowest BCUT2D eigenvalue weighted by Crippen LogP contribution is -2.34. The molecular weight excluding hydrogens is 302 g/mol. The van der Waals surface area contributed by atoms with Crippen LogP contribution in [-0.2, 0) is 9.47 Å². The third kappa shape index (κ3) is 2.23. The van der Waals surface area contributed by atoms with Crippen molar-refractivity contribution in [2.75, 3.05) is 19.5 Å². The number of ether oxygens (including phenoxy) is 2. The minimum Gasteiger partial charge on any atom is -0.394 e. The number of methoxy groups -OCH3 is 1. The minimum atomic E-state index is -0.975. The summed E-state index contributed by atoms with van der Waals surface area (Å²) in [5.41, 5.74) is 6.32. The smallest absolute Gasteiger partial charge is 0.223 e. The Balaban J connectivity index is 2.08. The Labute approximate surface area is 124 Å². The van der Waals surface area contributed by atoms with E-state index in [1.165, 1.54) is 13.4 Å². The molecule has 3 heterocycles. The van der Waals surface area contributed by atoms with E-state index in [9.17, 15) is 10.2 Å². The van der Waals surface area contributed by atoms with E-state index in [0.717, 1.165) is 0 Å². The SMILES string of the molecule is CO[C@@H]1[C@H](O)[C@@H](CO)O[C@H]1n1cnc2c(Cl)nc(N)nc21. The number of anilines is 1. The fourth-order valence-corrected chi connectivity index (χ4v) is 2.65. The Morgan fingerprint density at radius 1 is 1.52 bits per heavy atom. The zero-order valence-electron chi connectivity index (χ0n) is 11.0. The van der Waals surface area contributed by atoms with Gasteiger partial charge < -0.3 is 25.4 Å². The summed E-state index contributed by atoms with van der Waals surface area (Å²) in [6, 6.07) is 0. The average molecular weight is 316 g/mol. The topological polar surface area (TPSA) is 129 Å². The minimum absolute atomic E-state index is 0.000436. The van der Waals surface area contributed by atoms with Crippen LogP contribution in [0.1, 0.15) is 6.23 Å². The molecule has 10 heteroatoms. The number of nitrogen functional groups attached to an aromatic ring is 1. The summed E-state index contributed by atoms with van der Waals surface area (Å²) in [4.78, 5) is 12.0. The van der Waals surface area contributed by atoms with Crippen molar-refractivity contribution in [3.05, 3.63) is 11.5 Å². The highest BCUT2D eigenvalue weighted by molar-refractivity contribution is 6.33. The summed E-state index contributed by atoms with van der Waals surface area (Å²) >= 11 is 5.97. The van der Waals surface area contributed by atoms with Crippen LogP contribution in [0.2, 0.25) is 5.15 Å². The van der Waals surface area contributed by atoms with Crippen molar-refractivity contribution in [1.82, 2.24) is 19.5 Å². The summed E-state index contributed by atoms with van der Waals surface area (Å²) in [5.74, 6) is 0.000436. The predicted molar refractivity (Wildman–Crippen MR) is 72.5 cm³/mol. The molecule has 1 aliphatic rings. The Hall–Kier alpha value is -1.52. The van der Waals surface area contributed by atoms with E-state index in [4.69, 9.17) is 26.8 Å². The quantitative estimate of drug-likeness (QED) is 0.636. The lowest BCUT2D eigenvalue weighted by Gasteiger charge is -2.19. The van der Waals surface area contributed by atoms with E-state index in [-0.39, 0.29) is 17.7 Å². The molecule has 0 amide bonds. The summed E-state index contributed by atoms with van der Waals surface area (Å²) in [6.45, 7) is -0.331. The molecule has 2 aromatic rings. The van der Waals surface area contributed by atoms with Gasteiger partial charge in [-0.1, -0.05) is 11.6 Å². The van der Waals surface area contributed by atoms with E-state index < -0.39 is 24.5 Å². The average Bonchev–Trinajstić information content (AvgIpc) is 2.99. The lowest BCUT2D eigenvalue weighted by molar-refractivity contribution is -0.0583. The molecule has 3 rings (SSSR count). The number of fused-ring (bicyclic) bond motifs is 1. The van der Waals surface area contributed by atoms with Crippen molar-refractivity contribution in [2.24, 2.45) is 0 Å². The lowest BCUT2D eigenvalue weighted by atomic mass is 10.1. The number of aliphatic hydroxyl groups excluding tert-OH is 2. The maximum Gasteiger partial charge on any atom is 0.223 e. The number of aromatic nitrogens is 4. The van der Waals surface area contributed by atoms with E-state index >= 15 is 0 Å². The Bertz CT molecular complexity index is 665. The molecule has 114 valence electrons. The van der Waals surface area contributed by atoms with Crippen molar-refractivity contribution in [2.45, 2.75) is 24.5 Å². The van der Waals surface area contributed by atoms with Gasteiger partial charge in [0, 0.05) is 7.11 Å². The third-order valence-electron chi connectivity index (χ3n) is 3.44. The highest BCUT2D eigenvalue weighted by atomic mass is 35.5. The molecular formula is C11H14ClN5O4. The Morgan fingerprint density at radius 2 is 2.29 bits per heavy atom. The number of nitrogens with zero attached hydrogens (tertiary/aromatic N) is 4. The van der Waals surface area contributed by atoms with Gasteiger partial charge in [0.2, 0.25) is 5.95 Å². The Kier molecular flexibility index (Phi) is 3.68. The molecule has 0 unspecified atom stereocenters. The van der Waals surface area contributed by atoms with Crippen LogP contribution >= 0.6 is 11.6 Å². The van der Waals surface area contributed by atoms with E-state index in [1.54, 1.807) is 4.57 Å². The first kappa shape index (κ1) is 14.4. The monoisotopic (exact) mass is 315 g/mol. The van der Waals surface area contributed by atoms with Gasteiger partial charge in [0.25, 0.3) is 0 Å². The van der Waals surface area contributed by atoms with Crippen LogP contribution in [0.15, 0.2) is 6.33 Å². The van der Waals surface area contributed by atoms with Gasteiger partial charge in [-0.05, 0) is 0 Å². The second-order valence-electron chi connectivity index (χ2n) is 4.64. The molecule has 9 nitrogen and oxygen atoms in total. The third-order valence-corrected chi connectivity index (χ3v) is 3.70. The van der Waals surface area contributed by atoms with Crippen LogP contribution in [0.25, 0.3) is 11.2 Å². The van der Waals surface area contributed by atoms with Gasteiger partial charge in [0.05, 0.1) is 12.9 Å². The summed E-state index contributed by atoms with van der Waals surface area (Å²) < 4.78 is 12.4. The zero-order chi connectivity index (χ0) is 15.1. The second kappa shape index (κ2) is 5.35. The van der Waals surface area contributed by atoms with E-state index in [1.807, 2.05) is 0 Å². The first-order valence-electron chi connectivity index (χ1n) is 6.19. The normalized spacial score (nSPS) is 29.3. The van der Waals surface area contributed by atoms with Gasteiger partial charge in [0.1, 0.15) is 23.8 Å². The van der Waals surface area contributed by atoms with Crippen molar-refractivity contribution in [1.29, 1.82) is 0 Å². The molecule has 1 saturated heterocycles. The number of nitrogens with two attached hydrogens (primary N) is 1. The first-order valence-corrected chi connectivity index (χ1v) is 6.57. The predicted octanol–water partition coefficient (Wildman–Crippen LogP) is -0.672.